The highest BCUT2D eigenvalue weighted by molar-refractivity contribution is 7.18. The second-order valence-corrected chi connectivity index (χ2v) is 5.69. The van der Waals surface area contributed by atoms with Crippen molar-refractivity contribution in [2.45, 2.75) is 32.7 Å². The predicted octanol–water partition coefficient (Wildman–Crippen LogP) is 3.59. The quantitative estimate of drug-likeness (QED) is 0.712. The second kappa shape index (κ2) is 8.25. The van der Waals surface area contributed by atoms with Crippen LogP contribution in [0.15, 0.2) is 24.3 Å². The van der Waals surface area contributed by atoms with E-state index in [1.807, 2.05) is 6.07 Å². The molecule has 0 bridgehead atoms. The number of ether oxygens (including phenoxy) is 1. The molecule has 0 saturated carbocycles. The number of fused-ring (bicyclic) bond motifs is 1. The number of aromatic nitrogens is 1. The van der Waals surface area contributed by atoms with Crippen LogP contribution in [0, 0.1) is 0 Å². The summed E-state index contributed by atoms with van der Waals surface area (Å²) < 4.78 is 6.79. The zero-order chi connectivity index (χ0) is 13.3. The fourth-order valence-electron chi connectivity index (χ4n) is 1.84. The Labute approximate surface area is 119 Å². The SMILES string of the molecule is CCCCOCCCNCc1nc2ccccc2s1. The first-order valence-corrected chi connectivity index (χ1v) is 7.84. The Hall–Kier alpha value is -0.970. The summed E-state index contributed by atoms with van der Waals surface area (Å²) in [5, 5.41) is 4.58. The number of unbranched alkanes of at least 4 members (excludes halogenated alkanes) is 1. The van der Waals surface area contributed by atoms with Crippen molar-refractivity contribution in [1.82, 2.24) is 10.3 Å². The van der Waals surface area contributed by atoms with E-state index < -0.39 is 0 Å². The standard InChI is InChI=1S/C15H22N2OS/c1-2-3-10-18-11-6-9-16-12-15-17-13-7-4-5-8-14(13)19-15/h4-5,7-8,16H,2-3,6,9-12H2,1H3. The van der Waals surface area contributed by atoms with Gasteiger partial charge < -0.3 is 10.1 Å². The Bertz CT molecular complexity index is 451. The molecule has 19 heavy (non-hydrogen) atoms. The maximum absolute atomic E-state index is 5.52. The van der Waals surface area contributed by atoms with Crippen molar-refractivity contribution in [3.63, 3.8) is 0 Å². The first kappa shape index (κ1) is 14.4. The van der Waals surface area contributed by atoms with Crippen molar-refractivity contribution in [3.05, 3.63) is 29.3 Å². The normalized spacial score (nSPS) is 11.2. The van der Waals surface area contributed by atoms with Crippen LogP contribution in [0.3, 0.4) is 0 Å². The second-order valence-electron chi connectivity index (χ2n) is 4.57. The van der Waals surface area contributed by atoms with Gasteiger partial charge in [0.15, 0.2) is 0 Å². The number of hydrogen-bond donors (Lipinski definition) is 1. The summed E-state index contributed by atoms with van der Waals surface area (Å²) in [6.45, 7) is 5.78. The molecular weight excluding hydrogens is 256 g/mol. The van der Waals surface area contributed by atoms with Crippen molar-refractivity contribution in [2.24, 2.45) is 0 Å². The molecule has 0 atom stereocenters. The van der Waals surface area contributed by atoms with Crippen LogP contribution in [-0.4, -0.2) is 24.7 Å². The summed E-state index contributed by atoms with van der Waals surface area (Å²) in [6.07, 6.45) is 3.43. The van der Waals surface area contributed by atoms with Gasteiger partial charge in [-0.2, -0.15) is 0 Å². The molecule has 0 spiro atoms. The van der Waals surface area contributed by atoms with Crippen LogP contribution in [0.4, 0.5) is 0 Å². The topological polar surface area (TPSA) is 34.1 Å². The molecule has 0 aliphatic carbocycles. The molecule has 0 radical (unpaired) electrons. The van der Waals surface area contributed by atoms with Gasteiger partial charge in [-0.3, -0.25) is 0 Å². The summed E-state index contributed by atoms with van der Waals surface area (Å²) in [4.78, 5) is 4.60. The lowest BCUT2D eigenvalue weighted by Crippen LogP contribution is -2.16. The average Bonchev–Trinajstić information content (AvgIpc) is 2.84. The van der Waals surface area contributed by atoms with Gasteiger partial charge >= 0.3 is 0 Å². The van der Waals surface area contributed by atoms with Crippen molar-refractivity contribution < 1.29 is 4.74 Å². The third-order valence-corrected chi connectivity index (χ3v) is 3.94. The molecule has 1 N–H and O–H groups in total. The lowest BCUT2D eigenvalue weighted by atomic mass is 10.3. The molecule has 0 amide bonds. The number of para-hydroxylation sites is 1. The molecule has 2 rings (SSSR count). The minimum Gasteiger partial charge on any atom is -0.381 e. The third-order valence-electron chi connectivity index (χ3n) is 2.90. The summed E-state index contributed by atoms with van der Waals surface area (Å²) >= 11 is 1.77. The first-order chi connectivity index (χ1) is 9.40. The molecule has 0 aliphatic rings. The van der Waals surface area contributed by atoms with Crippen molar-refractivity contribution in [2.75, 3.05) is 19.8 Å². The van der Waals surface area contributed by atoms with E-state index in [1.165, 1.54) is 17.5 Å². The summed E-state index contributed by atoms with van der Waals surface area (Å²) in [5.74, 6) is 0. The number of hydrogen-bond acceptors (Lipinski definition) is 4. The summed E-state index contributed by atoms with van der Waals surface area (Å²) in [5.41, 5.74) is 1.10. The molecule has 0 aliphatic heterocycles. The number of thiazole rings is 1. The molecule has 0 fully saturated rings. The van der Waals surface area contributed by atoms with Crippen molar-refractivity contribution in [3.8, 4) is 0 Å². The Balaban J connectivity index is 1.60. The van der Waals surface area contributed by atoms with E-state index >= 15 is 0 Å². The highest BCUT2D eigenvalue weighted by Crippen LogP contribution is 2.21. The molecule has 2 aromatic rings. The van der Waals surface area contributed by atoms with Gasteiger partial charge in [0.05, 0.1) is 10.2 Å². The minimum atomic E-state index is 0.854. The van der Waals surface area contributed by atoms with E-state index in [0.29, 0.717) is 0 Å². The molecule has 1 aromatic carbocycles. The Morgan fingerprint density at radius 1 is 1.21 bits per heavy atom. The lowest BCUT2D eigenvalue weighted by Gasteiger charge is -2.04. The highest BCUT2D eigenvalue weighted by atomic mass is 32.1. The number of nitrogens with one attached hydrogen (secondary N) is 1. The number of rotatable bonds is 9. The van der Waals surface area contributed by atoms with E-state index in [4.69, 9.17) is 4.74 Å². The molecule has 1 heterocycles. The van der Waals surface area contributed by atoms with E-state index in [9.17, 15) is 0 Å². The smallest absolute Gasteiger partial charge is 0.108 e. The van der Waals surface area contributed by atoms with Gasteiger partial charge in [0, 0.05) is 19.8 Å². The predicted molar refractivity (Wildman–Crippen MR) is 81.7 cm³/mol. The van der Waals surface area contributed by atoms with Crippen LogP contribution >= 0.6 is 11.3 Å². The van der Waals surface area contributed by atoms with Crippen LogP contribution in [0.2, 0.25) is 0 Å². The van der Waals surface area contributed by atoms with E-state index in [0.717, 1.165) is 43.2 Å². The molecule has 0 saturated heterocycles. The Kier molecular flexibility index (Phi) is 6.27. The number of nitrogens with zero attached hydrogens (tertiary/aromatic N) is 1. The highest BCUT2D eigenvalue weighted by Gasteiger charge is 2.01. The zero-order valence-corrected chi connectivity index (χ0v) is 12.3. The van der Waals surface area contributed by atoms with Gasteiger partial charge in [0.2, 0.25) is 0 Å². The molecule has 3 nitrogen and oxygen atoms in total. The molecule has 4 heteroatoms. The monoisotopic (exact) mass is 278 g/mol. The Morgan fingerprint density at radius 2 is 2.05 bits per heavy atom. The van der Waals surface area contributed by atoms with Gasteiger partial charge in [-0.05, 0) is 31.5 Å². The zero-order valence-electron chi connectivity index (χ0n) is 11.5. The van der Waals surface area contributed by atoms with Gasteiger partial charge in [0.25, 0.3) is 0 Å². The largest absolute Gasteiger partial charge is 0.381 e. The van der Waals surface area contributed by atoms with Crippen molar-refractivity contribution >= 4 is 21.6 Å². The molecule has 1 aromatic heterocycles. The van der Waals surface area contributed by atoms with Gasteiger partial charge in [0.1, 0.15) is 5.01 Å². The van der Waals surface area contributed by atoms with E-state index in [-0.39, 0.29) is 0 Å². The van der Waals surface area contributed by atoms with Gasteiger partial charge in [-0.1, -0.05) is 25.5 Å². The van der Waals surface area contributed by atoms with Crippen LogP contribution in [0.25, 0.3) is 10.2 Å². The first-order valence-electron chi connectivity index (χ1n) is 7.03. The fourth-order valence-corrected chi connectivity index (χ4v) is 2.78. The molecular formula is C15H22N2OS. The van der Waals surface area contributed by atoms with Crippen LogP contribution in [0.5, 0.6) is 0 Å². The average molecular weight is 278 g/mol. The summed E-state index contributed by atoms with van der Waals surface area (Å²) in [7, 11) is 0. The lowest BCUT2D eigenvalue weighted by molar-refractivity contribution is 0.129. The fraction of sp³-hybridized carbons (Fsp3) is 0.533. The van der Waals surface area contributed by atoms with Crippen LogP contribution in [0.1, 0.15) is 31.2 Å². The van der Waals surface area contributed by atoms with Gasteiger partial charge in [-0.15, -0.1) is 11.3 Å². The van der Waals surface area contributed by atoms with Gasteiger partial charge in [-0.25, -0.2) is 4.98 Å². The molecule has 104 valence electrons. The molecule has 0 unspecified atom stereocenters. The number of benzene rings is 1. The van der Waals surface area contributed by atoms with E-state index in [2.05, 4.69) is 35.4 Å². The minimum absolute atomic E-state index is 0.854. The third kappa shape index (κ3) is 4.90. The maximum Gasteiger partial charge on any atom is 0.108 e. The van der Waals surface area contributed by atoms with E-state index in [1.54, 1.807) is 11.3 Å². The van der Waals surface area contributed by atoms with Crippen LogP contribution in [-0.2, 0) is 11.3 Å². The Morgan fingerprint density at radius 3 is 2.89 bits per heavy atom. The maximum atomic E-state index is 5.52. The van der Waals surface area contributed by atoms with Crippen LogP contribution < -0.4 is 5.32 Å². The van der Waals surface area contributed by atoms with Crippen molar-refractivity contribution in [1.29, 1.82) is 0 Å². The summed E-state index contributed by atoms with van der Waals surface area (Å²) in [6, 6.07) is 8.28.